The van der Waals surface area contributed by atoms with Crippen molar-refractivity contribution in [3.63, 3.8) is 0 Å². The molecule has 0 saturated heterocycles. The molecule has 2 nitrogen and oxygen atoms in total. The second-order valence-corrected chi connectivity index (χ2v) is 4.90. The number of ether oxygens (including phenoxy) is 1. The molecule has 1 heterocycles. The zero-order valence-corrected chi connectivity index (χ0v) is 10.5. The van der Waals surface area contributed by atoms with Crippen molar-refractivity contribution in [3.05, 3.63) is 36.3 Å². The third-order valence-electron chi connectivity index (χ3n) is 3.27. The average Bonchev–Trinajstić information content (AvgIpc) is 2.71. The fourth-order valence-electron chi connectivity index (χ4n) is 1.87. The van der Waals surface area contributed by atoms with E-state index in [2.05, 4.69) is 18.4 Å². The minimum Gasteiger partial charge on any atom is -0.379 e. The smallest absolute Gasteiger partial charge is 0.132 e. The topological polar surface area (TPSA) is 14.2 Å². The van der Waals surface area contributed by atoms with E-state index in [-0.39, 0.29) is 11.4 Å². The van der Waals surface area contributed by atoms with Crippen molar-refractivity contribution in [2.24, 2.45) is 0 Å². The van der Waals surface area contributed by atoms with Gasteiger partial charge in [0, 0.05) is 25.2 Å². The summed E-state index contributed by atoms with van der Waals surface area (Å²) in [4.78, 5) is 0. The highest BCUT2D eigenvalue weighted by molar-refractivity contribution is 5.80. The SMILES string of the molecule is COC(C)(C)CCn1ccc2c(F)cccc21. The Kier molecular flexibility index (Phi) is 3.20. The monoisotopic (exact) mass is 235 g/mol. The van der Waals surface area contributed by atoms with Crippen LogP contribution in [0.2, 0.25) is 0 Å². The van der Waals surface area contributed by atoms with Crippen LogP contribution in [0.3, 0.4) is 0 Å². The van der Waals surface area contributed by atoms with Crippen LogP contribution in [0, 0.1) is 5.82 Å². The first kappa shape index (κ1) is 12.1. The van der Waals surface area contributed by atoms with Crippen molar-refractivity contribution in [1.82, 2.24) is 4.57 Å². The van der Waals surface area contributed by atoms with E-state index in [1.165, 1.54) is 6.07 Å². The fourth-order valence-corrected chi connectivity index (χ4v) is 1.87. The van der Waals surface area contributed by atoms with Gasteiger partial charge in [0.25, 0.3) is 0 Å². The maximum absolute atomic E-state index is 13.5. The first-order valence-electron chi connectivity index (χ1n) is 5.82. The molecule has 0 unspecified atom stereocenters. The number of halogens is 1. The summed E-state index contributed by atoms with van der Waals surface area (Å²) in [6.07, 6.45) is 2.82. The molecule has 0 N–H and O–H groups in total. The Balaban J connectivity index is 2.23. The molecule has 2 rings (SSSR count). The minimum absolute atomic E-state index is 0.149. The summed E-state index contributed by atoms with van der Waals surface area (Å²) in [5.41, 5.74) is 0.793. The van der Waals surface area contributed by atoms with E-state index in [0.717, 1.165) is 18.5 Å². The number of nitrogens with zero attached hydrogens (tertiary/aromatic N) is 1. The molecule has 0 bridgehead atoms. The van der Waals surface area contributed by atoms with Crippen LogP contribution in [-0.4, -0.2) is 17.3 Å². The lowest BCUT2D eigenvalue weighted by atomic mass is 10.1. The quantitative estimate of drug-likeness (QED) is 0.789. The predicted octanol–water partition coefficient (Wildman–Crippen LogP) is 3.60. The van der Waals surface area contributed by atoms with Crippen molar-refractivity contribution < 1.29 is 9.13 Å². The second-order valence-electron chi connectivity index (χ2n) is 4.90. The Labute approximate surface area is 101 Å². The molecular formula is C14H18FNO. The Morgan fingerprint density at radius 1 is 1.29 bits per heavy atom. The van der Waals surface area contributed by atoms with E-state index in [9.17, 15) is 4.39 Å². The van der Waals surface area contributed by atoms with Gasteiger partial charge in [0.15, 0.2) is 0 Å². The molecule has 92 valence electrons. The zero-order valence-electron chi connectivity index (χ0n) is 10.5. The van der Waals surface area contributed by atoms with Crippen molar-refractivity contribution in [1.29, 1.82) is 0 Å². The van der Waals surface area contributed by atoms with Crippen molar-refractivity contribution in [2.75, 3.05) is 7.11 Å². The van der Waals surface area contributed by atoms with Gasteiger partial charge < -0.3 is 9.30 Å². The zero-order chi connectivity index (χ0) is 12.5. The Morgan fingerprint density at radius 2 is 2.06 bits per heavy atom. The van der Waals surface area contributed by atoms with Crippen LogP contribution in [0.15, 0.2) is 30.5 Å². The molecular weight excluding hydrogens is 217 g/mol. The standard InChI is InChI=1S/C14H18FNO/c1-14(2,17-3)8-10-16-9-7-11-12(15)5-4-6-13(11)16/h4-7,9H,8,10H2,1-3H3. The first-order chi connectivity index (χ1) is 8.03. The van der Waals surface area contributed by atoms with Crippen molar-refractivity contribution in [3.8, 4) is 0 Å². The largest absolute Gasteiger partial charge is 0.379 e. The normalized spacial score (nSPS) is 12.2. The lowest BCUT2D eigenvalue weighted by Crippen LogP contribution is -2.24. The van der Waals surface area contributed by atoms with Gasteiger partial charge in [-0.3, -0.25) is 0 Å². The highest BCUT2D eigenvalue weighted by Crippen LogP contribution is 2.21. The van der Waals surface area contributed by atoms with E-state index in [1.54, 1.807) is 13.2 Å². The van der Waals surface area contributed by atoms with E-state index in [0.29, 0.717) is 5.39 Å². The summed E-state index contributed by atoms with van der Waals surface area (Å²) in [5.74, 6) is -0.160. The van der Waals surface area contributed by atoms with Crippen molar-refractivity contribution >= 4 is 10.9 Å². The van der Waals surface area contributed by atoms with Gasteiger partial charge in [-0.05, 0) is 38.5 Å². The van der Waals surface area contributed by atoms with Gasteiger partial charge in [-0.25, -0.2) is 4.39 Å². The molecule has 0 spiro atoms. The maximum atomic E-state index is 13.5. The molecule has 0 amide bonds. The molecule has 0 aliphatic heterocycles. The van der Waals surface area contributed by atoms with E-state index in [4.69, 9.17) is 4.74 Å². The molecule has 0 atom stereocenters. The lowest BCUT2D eigenvalue weighted by Gasteiger charge is -2.23. The number of benzene rings is 1. The number of hydrogen-bond donors (Lipinski definition) is 0. The number of hydrogen-bond acceptors (Lipinski definition) is 1. The van der Waals surface area contributed by atoms with Crippen LogP contribution in [0.5, 0.6) is 0 Å². The summed E-state index contributed by atoms with van der Waals surface area (Å²) in [7, 11) is 1.72. The Bertz CT molecular complexity index is 516. The third kappa shape index (κ3) is 2.50. The highest BCUT2D eigenvalue weighted by Gasteiger charge is 2.16. The van der Waals surface area contributed by atoms with Gasteiger partial charge in [0.05, 0.1) is 11.1 Å². The van der Waals surface area contributed by atoms with E-state index >= 15 is 0 Å². The van der Waals surface area contributed by atoms with Crippen molar-refractivity contribution in [2.45, 2.75) is 32.4 Å². The lowest BCUT2D eigenvalue weighted by molar-refractivity contribution is 0.0123. The number of aromatic nitrogens is 1. The molecule has 0 aliphatic rings. The maximum Gasteiger partial charge on any atom is 0.132 e. The number of fused-ring (bicyclic) bond motifs is 1. The summed E-state index contributed by atoms with van der Waals surface area (Å²) in [6, 6.07) is 7.00. The van der Waals surface area contributed by atoms with Crippen LogP contribution >= 0.6 is 0 Å². The number of rotatable bonds is 4. The molecule has 0 radical (unpaired) electrons. The van der Waals surface area contributed by atoms with Crippen LogP contribution < -0.4 is 0 Å². The van der Waals surface area contributed by atoms with Gasteiger partial charge in [-0.15, -0.1) is 0 Å². The van der Waals surface area contributed by atoms with Gasteiger partial charge in [0.2, 0.25) is 0 Å². The van der Waals surface area contributed by atoms with Gasteiger partial charge in [0.1, 0.15) is 5.82 Å². The van der Waals surface area contributed by atoms with Crippen LogP contribution in [-0.2, 0) is 11.3 Å². The minimum atomic E-state index is -0.160. The van der Waals surface area contributed by atoms with Gasteiger partial charge >= 0.3 is 0 Å². The fraction of sp³-hybridized carbons (Fsp3) is 0.429. The number of methoxy groups -OCH3 is 1. The average molecular weight is 235 g/mol. The van der Waals surface area contributed by atoms with Gasteiger partial charge in [-0.1, -0.05) is 6.07 Å². The molecule has 1 aromatic carbocycles. The van der Waals surface area contributed by atoms with Gasteiger partial charge in [-0.2, -0.15) is 0 Å². The van der Waals surface area contributed by atoms with Crippen LogP contribution in [0.1, 0.15) is 20.3 Å². The molecule has 2 aromatic rings. The summed E-state index contributed by atoms with van der Waals surface area (Å²) < 4.78 is 21.0. The second kappa shape index (κ2) is 4.49. The summed E-state index contributed by atoms with van der Waals surface area (Å²) in [5, 5.41) is 0.683. The highest BCUT2D eigenvalue weighted by atomic mass is 19.1. The van der Waals surface area contributed by atoms with E-state index in [1.807, 2.05) is 18.3 Å². The first-order valence-corrected chi connectivity index (χ1v) is 5.82. The molecule has 3 heteroatoms. The van der Waals surface area contributed by atoms with Crippen LogP contribution in [0.4, 0.5) is 4.39 Å². The summed E-state index contributed by atoms with van der Waals surface area (Å²) >= 11 is 0. The molecule has 0 fully saturated rings. The molecule has 0 saturated carbocycles. The Morgan fingerprint density at radius 3 is 2.76 bits per heavy atom. The molecule has 17 heavy (non-hydrogen) atoms. The summed E-state index contributed by atoms with van der Waals surface area (Å²) in [6.45, 7) is 4.94. The molecule has 0 aliphatic carbocycles. The van der Waals surface area contributed by atoms with Crippen LogP contribution in [0.25, 0.3) is 10.9 Å². The number of aryl methyl sites for hydroxylation is 1. The Hall–Kier alpha value is -1.35. The molecule has 1 aromatic heterocycles. The predicted molar refractivity (Wildman–Crippen MR) is 67.6 cm³/mol. The third-order valence-corrected chi connectivity index (χ3v) is 3.27. The van der Waals surface area contributed by atoms with E-state index < -0.39 is 0 Å².